The van der Waals surface area contributed by atoms with Crippen molar-refractivity contribution in [2.45, 2.75) is 20.3 Å². The molecule has 4 nitrogen and oxygen atoms in total. The maximum Gasteiger partial charge on any atom is 0.257 e. The summed E-state index contributed by atoms with van der Waals surface area (Å²) in [6.07, 6.45) is 0.811. The van der Waals surface area contributed by atoms with Crippen molar-refractivity contribution in [3.8, 4) is 0 Å². The fraction of sp³-hybridized carbons (Fsp3) is 0.231. The van der Waals surface area contributed by atoms with Crippen LogP contribution in [-0.4, -0.2) is 10.9 Å². The Labute approximate surface area is 114 Å². The van der Waals surface area contributed by atoms with Crippen LogP contribution in [0.1, 0.15) is 27.9 Å². The Bertz CT molecular complexity index is 604. The Kier molecular flexibility index (Phi) is 3.80. The van der Waals surface area contributed by atoms with Crippen LogP contribution in [0, 0.1) is 12.7 Å². The van der Waals surface area contributed by atoms with E-state index < -0.39 is 11.7 Å². The van der Waals surface area contributed by atoms with Crippen molar-refractivity contribution < 1.29 is 9.18 Å². The molecule has 0 saturated carbocycles. The molecule has 0 aliphatic carbocycles. The predicted molar refractivity (Wildman–Crippen MR) is 75.0 cm³/mol. The topological polar surface area (TPSA) is 68.0 Å². The van der Waals surface area contributed by atoms with Crippen molar-refractivity contribution in [3.05, 3.63) is 40.2 Å². The normalized spacial score (nSPS) is 10.5. The fourth-order valence-electron chi connectivity index (χ4n) is 1.72. The first-order chi connectivity index (χ1) is 8.99. The Morgan fingerprint density at radius 3 is 2.79 bits per heavy atom. The molecule has 3 N–H and O–H groups in total. The van der Waals surface area contributed by atoms with Crippen molar-refractivity contribution in [2.75, 3.05) is 11.1 Å². The minimum Gasteiger partial charge on any atom is -0.399 e. The number of nitrogens with two attached hydrogens (primary N) is 1. The molecule has 2 rings (SSSR count). The van der Waals surface area contributed by atoms with E-state index in [9.17, 15) is 9.18 Å². The van der Waals surface area contributed by atoms with E-state index in [0.717, 1.165) is 23.1 Å². The first-order valence-electron chi connectivity index (χ1n) is 5.83. The maximum absolute atomic E-state index is 13.2. The Morgan fingerprint density at radius 2 is 2.21 bits per heavy atom. The van der Waals surface area contributed by atoms with E-state index in [1.807, 2.05) is 13.8 Å². The SMILES string of the molecule is CCc1nc(NC(=O)c2cc(N)cc(F)c2)sc1C. The number of hydrogen-bond acceptors (Lipinski definition) is 4. The molecule has 1 heterocycles. The van der Waals surface area contributed by atoms with Gasteiger partial charge in [0.2, 0.25) is 0 Å². The number of nitrogens with one attached hydrogen (secondary N) is 1. The van der Waals surface area contributed by atoms with E-state index in [1.165, 1.54) is 23.5 Å². The molecule has 19 heavy (non-hydrogen) atoms. The molecular weight excluding hydrogens is 265 g/mol. The summed E-state index contributed by atoms with van der Waals surface area (Å²) in [5.74, 6) is -0.947. The smallest absolute Gasteiger partial charge is 0.257 e. The Hall–Kier alpha value is -1.95. The lowest BCUT2D eigenvalue weighted by molar-refractivity contribution is 0.102. The van der Waals surface area contributed by atoms with Crippen molar-refractivity contribution >= 4 is 28.1 Å². The van der Waals surface area contributed by atoms with Crippen LogP contribution in [0.4, 0.5) is 15.2 Å². The van der Waals surface area contributed by atoms with Gasteiger partial charge >= 0.3 is 0 Å². The van der Waals surface area contributed by atoms with Gasteiger partial charge in [0.25, 0.3) is 5.91 Å². The standard InChI is InChI=1S/C13H14FN3OS/c1-3-11-7(2)19-13(16-11)17-12(18)8-4-9(14)6-10(15)5-8/h4-6H,3,15H2,1-2H3,(H,16,17,18). The fourth-order valence-corrected chi connectivity index (χ4v) is 2.62. The molecule has 0 aliphatic heterocycles. The van der Waals surface area contributed by atoms with Gasteiger partial charge in [-0.05, 0) is 31.5 Å². The van der Waals surface area contributed by atoms with Gasteiger partial charge < -0.3 is 5.73 Å². The predicted octanol–water partition coefficient (Wildman–Crippen LogP) is 2.99. The van der Waals surface area contributed by atoms with Gasteiger partial charge in [0.15, 0.2) is 5.13 Å². The van der Waals surface area contributed by atoms with Crippen LogP contribution >= 0.6 is 11.3 Å². The number of carbonyl (C=O) groups is 1. The zero-order chi connectivity index (χ0) is 14.0. The molecule has 0 atom stereocenters. The lowest BCUT2D eigenvalue weighted by Crippen LogP contribution is -2.12. The molecule has 6 heteroatoms. The van der Waals surface area contributed by atoms with Crippen LogP contribution in [0.3, 0.4) is 0 Å². The highest BCUT2D eigenvalue weighted by atomic mass is 32.1. The number of rotatable bonds is 3. The molecule has 0 spiro atoms. The number of nitrogens with zero attached hydrogens (tertiary/aromatic N) is 1. The Morgan fingerprint density at radius 1 is 1.47 bits per heavy atom. The molecule has 0 fully saturated rings. The number of hydrogen-bond donors (Lipinski definition) is 2. The zero-order valence-corrected chi connectivity index (χ0v) is 11.5. The molecule has 0 saturated heterocycles. The average molecular weight is 279 g/mol. The van der Waals surface area contributed by atoms with Crippen LogP contribution in [0.2, 0.25) is 0 Å². The monoisotopic (exact) mass is 279 g/mol. The van der Waals surface area contributed by atoms with Gasteiger partial charge in [-0.2, -0.15) is 0 Å². The van der Waals surface area contributed by atoms with E-state index in [2.05, 4.69) is 10.3 Å². The first kappa shape index (κ1) is 13.5. The molecule has 100 valence electrons. The molecule has 1 aromatic carbocycles. The summed E-state index contributed by atoms with van der Waals surface area (Å²) in [6.45, 7) is 3.95. The van der Waals surface area contributed by atoms with Crippen LogP contribution in [-0.2, 0) is 6.42 Å². The average Bonchev–Trinajstić information content (AvgIpc) is 2.68. The summed E-state index contributed by atoms with van der Waals surface area (Å²) in [6, 6.07) is 3.74. The van der Waals surface area contributed by atoms with Crippen LogP contribution < -0.4 is 11.1 Å². The van der Waals surface area contributed by atoms with E-state index in [1.54, 1.807) is 0 Å². The third kappa shape index (κ3) is 3.08. The second-order valence-corrected chi connectivity index (χ2v) is 5.31. The van der Waals surface area contributed by atoms with Gasteiger partial charge in [-0.1, -0.05) is 6.92 Å². The molecule has 2 aromatic rings. The van der Waals surface area contributed by atoms with E-state index in [0.29, 0.717) is 5.13 Å². The largest absolute Gasteiger partial charge is 0.399 e. The van der Waals surface area contributed by atoms with Gasteiger partial charge in [0.1, 0.15) is 5.82 Å². The molecule has 1 aromatic heterocycles. The highest BCUT2D eigenvalue weighted by molar-refractivity contribution is 7.15. The number of halogens is 1. The lowest BCUT2D eigenvalue weighted by Gasteiger charge is -2.03. The third-order valence-electron chi connectivity index (χ3n) is 2.63. The summed E-state index contributed by atoms with van der Waals surface area (Å²) in [5.41, 5.74) is 6.87. The van der Waals surface area contributed by atoms with Crippen molar-refractivity contribution in [1.29, 1.82) is 0 Å². The first-order valence-corrected chi connectivity index (χ1v) is 6.65. The molecule has 0 bridgehead atoms. The summed E-state index contributed by atoms with van der Waals surface area (Å²) in [7, 11) is 0. The number of benzene rings is 1. The van der Waals surface area contributed by atoms with Crippen LogP contribution in [0.15, 0.2) is 18.2 Å². The number of aromatic nitrogens is 1. The number of nitrogen functional groups attached to an aromatic ring is 1. The van der Waals surface area contributed by atoms with E-state index in [4.69, 9.17) is 5.73 Å². The van der Waals surface area contributed by atoms with Gasteiger partial charge in [0.05, 0.1) is 5.69 Å². The lowest BCUT2D eigenvalue weighted by atomic mass is 10.2. The van der Waals surface area contributed by atoms with Gasteiger partial charge in [-0.25, -0.2) is 9.37 Å². The minimum atomic E-state index is -0.533. The summed E-state index contributed by atoms with van der Waals surface area (Å²) < 4.78 is 13.2. The van der Waals surface area contributed by atoms with E-state index >= 15 is 0 Å². The van der Waals surface area contributed by atoms with Gasteiger partial charge in [0, 0.05) is 16.1 Å². The molecular formula is C13H14FN3OS. The van der Waals surface area contributed by atoms with Crippen molar-refractivity contribution in [2.24, 2.45) is 0 Å². The molecule has 0 radical (unpaired) electrons. The third-order valence-corrected chi connectivity index (χ3v) is 3.56. The highest BCUT2D eigenvalue weighted by Gasteiger charge is 2.12. The zero-order valence-electron chi connectivity index (χ0n) is 10.7. The number of aryl methyl sites for hydroxylation is 2. The minimum absolute atomic E-state index is 0.184. The summed E-state index contributed by atoms with van der Waals surface area (Å²) >= 11 is 1.40. The quantitative estimate of drug-likeness (QED) is 0.849. The van der Waals surface area contributed by atoms with Crippen LogP contribution in [0.5, 0.6) is 0 Å². The molecule has 0 aliphatic rings. The summed E-state index contributed by atoms with van der Waals surface area (Å²) in [5, 5.41) is 3.17. The van der Waals surface area contributed by atoms with Gasteiger partial charge in [-0.15, -0.1) is 11.3 Å². The number of amides is 1. The maximum atomic E-state index is 13.2. The second kappa shape index (κ2) is 5.36. The molecule has 0 unspecified atom stereocenters. The van der Waals surface area contributed by atoms with Crippen LogP contribution in [0.25, 0.3) is 0 Å². The number of thiazole rings is 1. The summed E-state index contributed by atoms with van der Waals surface area (Å²) in [4.78, 5) is 17.3. The Balaban J connectivity index is 2.20. The highest BCUT2D eigenvalue weighted by Crippen LogP contribution is 2.23. The van der Waals surface area contributed by atoms with Crippen molar-refractivity contribution in [3.63, 3.8) is 0 Å². The van der Waals surface area contributed by atoms with Gasteiger partial charge in [-0.3, -0.25) is 10.1 Å². The van der Waals surface area contributed by atoms with E-state index in [-0.39, 0.29) is 11.3 Å². The molecule has 1 amide bonds. The second-order valence-electron chi connectivity index (χ2n) is 4.10. The number of anilines is 2. The number of carbonyl (C=O) groups excluding carboxylic acids is 1. The van der Waals surface area contributed by atoms with Crippen molar-refractivity contribution in [1.82, 2.24) is 4.98 Å².